The van der Waals surface area contributed by atoms with Crippen molar-refractivity contribution in [3.63, 3.8) is 0 Å². The molecule has 0 aliphatic heterocycles. The smallest absolute Gasteiger partial charge is 0.0328 e. The van der Waals surface area contributed by atoms with E-state index >= 15 is 0 Å². The highest BCUT2D eigenvalue weighted by Gasteiger charge is 2.36. The molecule has 0 saturated heterocycles. The zero-order chi connectivity index (χ0) is 15.0. The van der Waals surface area contributed by atoms with Gasteiger partial charge < -0.3 is 5.73 Å². The SMILES string of the molecule is CC(C)(C)c1ccc(C(N)C2CCCCC2(C)C)cc1. The van der Waals surface area contributed by atoms with E-state index in [1.54, 1.807) is 0 Å². The lowest BCUT2D eigenvalue weighted by molar-refractivity contribution is 0.112. The summed E-state index contributed by atoms with van der Waals surface area (Å²) in [6.07, 6.45) is 5.28. The first-order valence-corrected chi connectivity index (χ1v) is 8.08. The molecule has 0 spiro atoms. The Morgan fingerprint density at radius 1 is 1.10 bits per heavy atom. The Morgan fingerprint density at radius 3 is 2.20 bits per heavy atom. The molecule has 1 nitrogen and oxygen atoms in total. The fraction of sp³-hybridized carbons (Fsp3) is 0.684. The highest BCUT2D eigenvalue weighted by atomic mass is 14.7. The van der Waals surface area contributed by atoms with Crippen molar-refractivity contribution in [2.45, 2.75) is 71.8 Å². The zero-order valence-corrected chi connectivity index (χ0v) is 13.9. The number of benzene rings is 1. The zero-order valence-electron chi connectivity index (χ0n) is 13.9. The highest BCUT2D eigenvalue weighted by molar-refractivity contribution is 5.29. The van der Waals surface area contributed by atoms with Crippen LogP contribution in [-0.2, 0) is 5.41 Å². The van der Waals surface area contributed by atoms with Crippen LogP contribution in [-0.4, -0.2) is 0 Å². The van der Waals surface area contributed by atoms with Crippen LogP contribution in [0, 0.1) is 11.3 Å². The third kappa shape index (κ3) is 3.25. The number of hydrogen-bond donors (Lipinski definition) is 1. The second-order valence-corrected chi connectivity index (χ2v) is 8.24. The van der Waals surface area contributed by atoms with Gasteiger partial charge in [-0.15, -0.1) is 0 Å². The second kappa shape index (κ2) is 5.52. The summed E-state index contributed by atoms with van der Waals surface area (Å²) in [5, 5.41) is 0. The van der Waals surface area contributed by atoms with Gasteiger partial charge in [0.15, 0.2) is 0 Å². The van der Waals surface area contributed by atoms with Crippen LogP contribution >= 0.6 is 0 Å². The average molecular weight is 273 g/mol. The molecule has 0 aromatic heterocycles. The Balaban J connectivity index is 2.18. The molecule has 1 aromatic carbocycles. The van der Waals surface area contributed by atoms with Crippen molar-refractivity contribution >= 4 is 0 Å². The van der Waals surface area contributed by atoms with Crippen LogP contribution in [0.2, 0.25) is 0 Å². The molecule has 0 heterocycles. The van der Waals surface area contributed by atoms with Crippen LogP contribution in [0.1, 0.15) is 77.5 Å². The summed E-state index contributed by atoms with van der Waals surface area (Å²) >= 11 is 0. The van der Waals surface area contributed by atoms with Crippen LogP contribution < -0.4 is 5.73 Å². The van der Waals surface area contributed by atoms with Crippen LogP contribution in [0.25, 0.3) is 0 Å². The van der Waals surface area contributed by atoms with Gasteiger partial charge in [-0.05, 0) is 40.7 Å². The van der Waals surface area contributed by atoms with Crippen LogP contribution in [0.4, 0.5) is 0 Å². The number of rotatable bonds is 2. The number of nitrogens with two attached hydrogens (primary N) is 1. The molecule has 1 aromatic rings. The van der Waals surface area contributed by atoms with E-state index in [1.807, 2.05) is 0 Å². The lowest BCUT2D eigenvalue weighted by Crippen LogP contribution is -2.36. The Bertz CT molecular complexity index is 436. The third-order valence-corrected chi connectivity index (χ3v) is 5.19. The van der Waals surface area contributed by atoms with Gasteiger partial charge >= 0.3 is 0 Å². The largest absolute Gasteiger partial charge is 0.324 e. The Hall–Kier alpha value is -0.820. The quantitative estimate of drug-likeness (QED) is 0.787. The summed E-state index contributed by atoms with van der Waals surface area (Å²) in [5.74, 6) is 0.608. The Kier molecular flexibility index (Phi) is 4.30. The standard InChI is InChI=1S/C19H31N/c1-18(2,3)15-11-9-14(10-12-15)17(20)16-8-6-7-13-19(16,4)5/h9-12,16-17H,6-8,13,20H2,1-5H3. The van der Waals surface area contributed by atoms with Crippen molar-refractivity contribution in [1.82, 2.24) is 0 Å². The molecule has 20 heavy (non-hydrogen) atoms. The maximum absolute atomic E-state index is 6.60. The molecule has 1 saturated carbocycles. The molecule has 0 amide bonds. The highest BCUT2D eigenvalue weighted by Crippen LogP contribution is 2.45. The molecule has 1 fully saturated rings. The molecule has 1 aliphatic carbocycles. The first-order valence-electron chi connectivity index (χ1n) is 8.08. The maximum Gasteiger partial charge on any atom is 0.0328 e. The lowest BCUT2D eigenvalue weighted by Gasteiger charge is -2.42. The monoisotopic (exact) mass is 273 g/mol. The van der Waals surface area contributed by atoms with E-state index in [0.29, 0.717) is 11.3 Å². The van der Waals surface area contributed by atoms with Gasteiger partial charge in [0.1, 0.15) is 0 Å². The third-order valence-electron chi connectivity index (χ3n) is 5.19. The molecule has 2 atom stereocenters. The Labute approximate surface area is 125 Å². The van der Waals surface area contributed by atoms with Gasteiger partial charge in [0.25, 0.3) is 0 Å². The van der Waals surface area contributed by atoms with Gasteiger partial charge in [0.05, 0.1) is 0 Å². The molecular weight excluding hydrogens is 242 g/mol. The van der Waals surface area contributed by atoms with Gasteiger partial charge in [-0.3, -0.25) is 0 Å². The molecule has 0 radical (unpaired) electrons. The minimum Gasteiger partial charge on any atom is -0.324 e. The summed E-state index contributed by atoms with van der Waals surface area (Å²) < 4.78 is 0. The summed E-state index contributed by atoms with van der Waals surface area (Å²) in [6, 6.07) is 9.18. The van der Waals surface area contributed by atoms with Crippen LogP contribution in [0.5, 0.6) is 0 Å². The van der Waals surface area contributed by atoms with Gasteiger partial charge in [0.2, 0.25) is 0 Å². The van der Waals surface area contributed by atoms with Crippen molar-refractivity contribution in [2.75, 3.05) is 0 Å². The summed E-state index contributed by atoms with van der Waals surface area (Å²) in [5.41, 5.74) is 9.88. The van der Waals surface area contributed by atoms with Crippen LogP contribution in [0.15, 0.2) is 24.3 Å². The van der Waals surface area contributed by atoms with Gasteiger partial charge in [-0.25, -0.2) is 0 Å². The summed E-state index contributed by atoms with van der Waals surface area (Å²) in [4.78, 5) is 0. The second-order valence-electron chi connectivity index (χ2n) is 8.24. The first kappa shape index (κ1) is 15.6. The van der Waals surface area contributed by atoms with Crippen molar-refractivity contribution in [2.24, 2.45) is 17.1 Å². The van der Waals surface area contributed by atoms with Gasteiger partial charge in [-0.1, -0.05) is 71.7 Å². The van der Waals surface area contributed by atoms with Crippen molar-refractivity contribution in [3.8, 4) is 0 Å². The topological polar surface area (TPSA) is 26.0 Å². The molecule has 2 unspecified atom stereocenters. The molecule has 112 valence electrons. The van der Waals surface area contributed by atoms with Crippen molar-refractivity contribution in [3.05, 3.63) is 35.4 Å². The van der Waals surface area contributed by atoms with Crippen molar-refractivity contribution < 1.29 is 0 Å². The summed E-state index contributed by atoms with van der Waals surface area (Å²) in [7, 11) is 0. The fourth-order valence-electron chi connectivity index (χ4n) is 3.62. The molecule has 1 heteroatoms. The van der Waals surface area contributed by atoms with E-state index in [2.05, 4.69) is 58.9 Å². The van der Waals surface area contributed by atoms with E-state index in [1.165, 1.54) is 36.8 Å². The minimum atomic E-state index is 0.180. The van der Waals surface area contributed by atoms with E-state index in [-0.39, 0.29) is 11.5 Å². The normalized spacial score (nSPS) is 24.4. The first-order chi connectivity index (χ1) is 9.22. The van der Waals surface area contributed by atoms with E-state index < -0.39 is 0 Å². The van der Waals surface area contributed by atoms with Gasteiger partial charge in [0, 0.05) is 6.04 Å². The minimum absolute atomic E-state index is 0.180. The number of hydrogen-bond acceptors (Lipinski definition) is 1. The Morgan fingerprint density at radius 2 is 1.70 bits per heavy atom. The molecule has 2 rings (SSSR count). The fourth-order valence-corrected chi connectivity index (χ4v) is 3.62. The van der Waals surface area contributed by atoms with E-state index in [0.717, 1.165) is 0 Å². The van der Waals surface area contributed by atoms with Crippen LogP contribution in [0.3, 0.4) is 0 Å². The average Bonchev–Trinajstić information content (AvgIpc) is 2.36. The molecule has 2 N–H and O–H groups in total. The predicted octanol–water partition coefficient (Wildman–Crippen LogP) is 5.20. The maximum atomic E-state index is 6.60. The van der Waals surface area contributed by atoms with E-state index in [9.17, 15) is 0 Å². The molecule has 0 bridgehead atoms. The molecular formula is C19H31N. The van der Waals surface area contributed by atoms with E-state index in [4.69, 9.17) is 5.73 Å². The summed E-state index contributed by atoms with van der Waals surface area (Å²) in [6.45, 7) is 11.5. The van der Waals surface area contributed by atoms with Crippen molar-refractivity contribution in [1.29, 1.82) is 0 Å². The molecule has 1 aliphatic rings. The lowest BCUT2D eigenvalue weighted by atomic mass is 9.65. The predicted molar refractivity (Wildman–Crippen MR) is 87.8 cm³/mol. The van der Waals surface area contributed by atoms with Gasteiger partial charge in [-0.2, -0.15) is 0 Å².